The van der Waals surface area contributed by atoms with Crippen LogP contribution in [0.3, 0.4) is 0 Å². The van der Waals surface area contributed by atoms with Crippen molar-refractivity contribution in [2.75, 3.05) is 7.11 Å². The van der Waals surface area contributed by atoms with Crippen molar-refractivity contribution in [3.05, 3.63) is 59.7 Å². The molecule has 0 bridgehead atoms. The molecule has 2 aromatic rings. The summed E-state index contributed by atoms with van der Waals surface area (Å²) in [6.45, 7) is 0. The highest BCUT2D eigenvalue weighted by Gasteiger charge is 2.40. The molecule has 2 aromatic carbocycles. The molecule has 0 aliphatic heterocycles. The Hall–Kier alpha value is -2.82. The lowest BCUT2D eigenvalue weighted by atomic mass is 9.86. The molecule has 2 aliphatic rings. The summed E-state index contributed by atoms with van der Waals surface area (Å²) >= 11 is 0. The highest BCUT2D eigenvalue weighted by atomic mass is 16.8. The first-order valence-electron chi connectivity index (χ1n) is 8.48. The molecule has 0 spiro atoms. The molecule has 0 atom stereocenters. The van der Waals surface area contributed by atoms with Gasteiger partial charge < -0.3 is 9.57 Å². The molecule has 128 valence electrons. The van der Waals surface area contributed by atoms with Crippen molar-refractivity contribution in [2.24, 2.45) is 5.92 Å². The quantitative estimate of drug-likeness (QED) is 0.775. The number of carbonyl (C=O) groups is 2. The molecule has 1 fully saturated rings. The summed E-state index contributed by atoms with van der Waals surface area (Å²) in [7, 11) is 1.29. The summed E-state index contributed by atoms with van der Waals surface area (Å²) in [5.41, 5.74) is 3.93. The fraction of sp³-hybridized carbons (Fsp3) is 0.300. The number of benzene rings is 2. The second kappa shape index (κ2) is 6.24. The van der Waals surface area contributed by atoms with Gasteiger partial charge in [0, 0.05) is 0 Å². The molecule has 0 N–H and O–H groups in total. The Morgan fingerprint density at radius 2 is 1.52 bits per heavy atom. The number of amides is 1. The van der Waals surface area contributed by atoms with E-state index in [-0.39, 0.29) is 11.9 Å². The fourth-order valence-electron chi connectivity index (χ4n) is 3.48. The minimum atomic E-state index is -0.677. The molecule has 0 unspecified atom stereocenters. The van der Waals surface area contributed by atoms with Crippen molar-refractivity contribution in [1.29, 1.82) is 0 Å². The fourth-order valence-corrected chi connectivity index (χ4v) is 3.48. The summed E-state index contributed by atoms with van der Waals surface area (Å²) in [5, 5.41) is 1.09. The third-order valence-corrected chi connectivity index (χ3v) is 5.02. The van der Waals surface area contributed by atoms with Crippen molar-refractivity contribution >= 4 is 12.1 Å². The van der Waals surface area contributed by atoms with Crippen LogP contribution in [0.15, 0.2) is 48.5 Å². The van der Waals surface area contributed by atoms with Crippen LogP contribution >= 0.6 is 0 Å². The Bertz CT molecular complexity index is 782. The van der Waals surface area contributed by atoms with Gasteiger partial charge >= 0.3 is 12.1 Å². The smallest absolute Gasteiger partial charge is 0.443 e. The largest absolute Gasteiger partial charge is 0.451 e. The number of nitrogens with zero attached hydrogens (tertiary/aromatic N) is 1. The van der Waals surface area contributed by atoms with Crippen molar-refractivity contribution in [3.8, 4) is 11.1 Å². The highest BCUT2D eigenvalue weighted by molar-refractivity contribution is 5.82. The van der Waals surface area contributed by atoms with E-state index in [1.165, 1.54) is 7.11 Å². The van der Waals surface area contributed by atoms with E-state index < -0.39 is 12.1 Å². The lowest BCUT2D eigenvalue weighted by molar-refractivity contribution is -0.195. The average Bonchev–Trinajstić information content (AvgIpc) is 2.92. The van der Waals surface area contributed by atoms with E-state index in [2.05, 4.69) is 0 Å². The summed E-state index contributed by atoms with van der Waals surface area (Å²) in [4.78, 5) is 30.3. The SMILES string of the molecule is COC(=O)N(OC(=O)C1CCC1)C1c2ccccc2-c2ccccc21. The second-order valence-electron chi connectivity index (χ2n) is 6.41. The van der Waals surface area contributed by atoms with Crippen LogP contribution in [0.1, 0.15) is 36.4 Å². The first kappa shape index (κ1) is 15.7. The number of fused-ring (bicyclic) bond motifs is 3. The summed E-state index contributed by atoms with van der Waals surface area (Å²) in [6, 6.07) is 15.2. The van der Waals surface area contributed by atoms with E-state index in [4.69, 9.17) is 9.57 Å². The number of carbonyl (C=O) groups excluding carboxylic acids is 2. The molecule has 25 heavy (non-hydrogen) atoms. The molecule has 0 saturated heterocycles. The maximum absolute atomic E-state index is 12.4. The number of rotatable bonds is 2. The molecule has 1 amide bonds. The predicted molar refractivity (Wildman–Crippen MR) is 91.4 cm³/mol. The Morgan fingerprint density at radius 1 is 0.960 bits per heavy atom. The van der Waals surface area contributed by atoms with E-state index in [0.717, 1.165) is 46.6 Å². The van der Waals surface area contributed by atoms with Crippen LogP contribution in [0, 0.1) is 5.92 Å². The Balaban J connectivity index is 1.75. The molecule has 1 saturated carbocycles. The molecular formula is C20H19NO4. The van der Waals surface area contributed by atoms with E-state index in [0.29, 0.717) is 0 Å². The van der Waals surface area contributed by atoms with Crippen molar-refractivity contribution < 1.29 is 19.2 Å². The van der Waals surface area contributed by atoms with Crippen LogP contribution in [-0.4, -0.2) is 24.2 Å². The highest BCUT2D eigenvalue weighted by Crippen LogP contribution is 2.46. The zero-order valence-corrected chi connectivity index (χ0v) is 14.0. The normalized spacial score (nSPS) is 15.7. The van der Waals surface area contributed by atoms with Crippen molar-refractivity contribution in [1.82, 2.24) is 5.06 Å². The minimum Gasteiger partial charge on any atom is -0.451 e. The Kier molecular flexibility index (Phi) is 3.92. The predicted octanol–water partition coefficient (Wildman–Crippen LogP) is 4.08. The number of hydrogen-bond acceptors (Lipinski definition) is 4. The van der Waals surface area contributed by atoms with Gasteiger partial charge in [0.05, 0.1) is 13.0 Å². The number of ether oxygens (including phenoxy) is 1. The zero-order valence-electron chi connectivity index (χ0n) is 14.0. The lowest BCUT2D eigenvalue weighted by Gasteiger charge is -2.30. The molecule has 0 radical (unpaired) electrons. The maximum atomic E-state index is 12.4. The van der Waals surface area contributed by atoms with Crippen LogP contribution < -0.4 is 0 Å². The molecule has 2 aliphatic carbocycles. The molecule has 5 nitrogen and oxygen atoms in total. The molecular weight excluding hydrogens is 318 g/mol. The number of hydroxylamine groups is 2. The number of methoxy groups -OCH3 is 1. The Labute approximate surface area is 146 Å². The lowest BCUT2D eigenvalue weighted by Crippen LogP contribution is -2.39. The average molecular weight is 337 g/mol. The summed E-state index contributed by atoms with van der Waals surface area (Å²) in [5.74, 6) is -0.488. The zero-order chi connectivity index (χ0) is 17.4. The van der Waals surface area contributed by atoms with Gasteiger partial charge in [-0.05, 0) is 35.1 Å². The van der Waals surface area contributed by atoms with Gasteiger partial charge in [0.25, 0.3) is 0 Å². The second-order valence-corrected chi connectivity index (χ2v) is 6.41. The first-order chi connectivity index (χ1) is 12.2. The van der Waals surface area contributed by atoms with Gasteiger partial charge in [-0.3, -0.25) is 0 Å². The van der Waals surface area contributed by atoms with Gasteiger partial charge in [-0.1, -0.05) is 55.0 Å². The van der Waals surface area contributed by atoms with Gasteiger partial charge in [0.15, 0.2) is 0 Å². The van der Waals surface area contributed by atoms with E-state index in [1.807, 2.05) is 48.5 Å². The third kappa shape index (κ3) is 2.56. The van der Waals surface area contributed by atoms with Crippen LogP contribution in [0.5, 0.6) is 0 Å². The summed E-state index contributed by atoms with van der Waals surface area (Å²) < 4.78 is 4.90. The van der Waals surface area contributed by atoms with Gasteiger partial charge in [-0.15, -0.1) is 5.06 Å². The van der Waals surface area contributed by atoms with Crippen LogP contribution in [0.4, 0.5) is 4.79 Å². The number of hydrogen-bond donors (Lipinski definition) is 0. The topological polar surface area (TPSA) is 55.8 Å². The molecule has 0 aromatic heterocycles. The van der Waals surface area contributed by atoms with Gasteiger partial charge in [-0.2, -0.15) is 0 Å². The van der Waals surface area contributed by atoms with E-state index in [9.17, 15) is 9.59 Å². The van der Waals surface area contributed by atoms with E-state index >= 15 is 0 Å². The first-order valence-corrected chi connectivity index (χ1v) is 8.48. The maximum Gasteiger partial charge on any atom is 0.443 e. The standard InChI is InChI=1S/C20H19NO4/c1-24-20(23)21(25-19(22)13-7-6-8-13)18-16-11-4-2-9-14(16)15-10-3-5-12-17(15)18/h2-5,9-13,18H,6-8H2,1H3. The summed E-state index contributed by atoms with van der Waals surface area (Å²) in [6.07, 6.45) is 1.97. The van der Waals surface area contributed by atoms with Gasteiger partial charge in [-0.25, -0.2) is 9.59 Å². The van der Waals surface area contributed by atoms with Crippen molar-refractivity contribution in [3.63, 3.8) is 0 Å². The van der Waals surface area contributed by atoms with Crippen LogP contribution in [0.2, 0.25) is 0 Å². The van der Waals surface area contributed by atoms with Crippen LogP contribution in [-0.2, 0) is 14.4 Å². The van der Waals surface area contributed by atoms with Gasteiger partial charge in [0.1, 0.15) is 6.04 Å². The molecule has 0 heterocycles. The molecule has 5 heteroatoms. The third-order valence-electron chi connectivity index (χ3n) is 5.02. The van der Waals surface area contributed by atoms with Crippen LogP contribution in [0.25, 0.3) is 11.1 Å². The van der Waals surface area contributed by atoms with Crippen molar-refractivity contribution in [2.45, 2.75) is 25.3 Å². The van der Waals surface area contributed by atoms with E-state index in [1.54, 1.807) is 0 Å². The minimum absolute atomic E-state index is 0.126. The van der Waals surface area contributed by atoms with Gasteiger partial charge in [0.2, 0.25) is 0 Å². The molecule has 4 rings (SSSR count). The Morgan fingerprint density at radius 3 is 2.00 bits per heavy atom. The monoisotopic (exact) mass is 337 g/mol.